The van der Waals surface area contributed by atoms with Gasteiger partial charge in [0.15, 0.2) is 0 Å². The number of ether oxygens (including phenoxy) is 3. The quantitative estimate of drug-likeness (QED) is 0.573. The van der Waals surface area contributed by atoms with Crippen molar-refractivity contribution < 1.29 is 28.6 Å². The van der Waals surface area contributed by atoms with E-state index in [9.17, 15) is 14.4 Å². The van der Waals surface area contributed by atoms with Crippen molar-refractivity contribution in [1.29, 1.82) is 0 Å². The second-order valence-electron chi connectivity index (χ2n) is 11.7. The third kappa shape index (κ3) is 5.69. The van der Waals surface area contributed by atoms with Crippen molar-refractivity contribution in [2.75, 3.05) is 36.5 Å². The van der Waals surface area contributed by atoms with Gasteiger partial charge in [-0.2, -0.15) is 0 Å². The topological polar surface area (TPSA) is 101 Å². The molecule has 0 aliphatic carbocycles. The standard InChI is InChI=1S/C26H38N4O6/c1-16-22(31)27-19-12-17-14-28-9-10-29(23(32)35-25(2,3)4)15-18(28)8-11-34-21(17)13-20(19)30(16)24(33)36-26(5,6)7/h12-13,16,18H,8-11,14-15H2,1-7H3,(H,27,31). The summed E-state index contributed by atoms with van der Waals surface area (Å²) in [5.74, 6) is 0.405. The smallest absolute Gasteiger partial charge is 0.415 e. The molecule has 0 bridgehead atoms. The van der Waals surface area contributed by atoms with Crippen LogP contribution in [0.5, 0.6) is 5.75 Å². The van der Waals surface area contributed by atoms with Gasteiger partial charge in [0.25, 0.3) is 0 Å². The van der Waals surface area contributed by atoms with E-state index in [0.717, 1.165) is 12.0 Å². The fraction of sp³-hybridized carbons (Fsp3) is 0.654. The van der Waals surface area contributed by atoms with E-state index in [1.54, 1.807) is 32.6 Å². The van der Waals surface area contributed by atoms with Crippen LogP contribution in [-0.2, 0) is 20.8 Å². The Morgan fingerprint density at radius 1 is 1.03 bits per heavy atom. The molecule has 2 atom stereocenters. The lowest BCUT2D eigenvalue weighted by molar-refractivity contribution is -0.117. The molecule has 3 aliphatic rings. The zero-order valence-electron chi connectivity index (χ0n) is 22.3. The van der Waals surface area contributed by atoms with E-state index in [-0.39, 0.29) is 18.0 Å². The van der Waals surface area contributed by atoms with Crippen molar-refractivity contribution in [2.24, 2.45) is 0 Å². The van der Waals surface area contributed by atoms with Crippen LogP contribution in [0.3, 0.4) is 0 Å². The summed E-state index contributed by atoms with van der Waals surface area (Å²) in [5.41, 5.74) is 0.799. The van der Waals surface area contributed by atoms with Gasteiger partial charge >= 0.3 is 12.2 Å². The molecule has 1 saturated heterocycles. The Morgan fingerprint density at radius 3 is 2.36 bits per heavy atom. The summed E-state index contributed by atoms with van der Waals surface area (Å²) in [4.78, 5) is 43.8. The van der Waals surface area contributed by atoms with E-state index in [1.165, 1.54) is 4.90 Å². The third-order valence-corrected chi connectivity index (χ3v) is 6.39. The SMILES string of the molecule is CC1C(=O)Nc2cc3c(cc2N1C(=O)OC(C)(C)C)OCCC1CN(C(=O)OC(C)(C)C)CCN1C3. The van der Waals surface area contributed by atoms with Gasteiger partial charge in [-0.05, 0) is 61.0 Å². The number of nitrogens with zero attached hydrogens (tertiary/aromatic N) is 3. The first-order valence-electron chi connectivity index (χ1n) is 12.6. The summed E-state index contributed by atoms with van der Waals surface area (Å²) in [7, 11) is 0. The molecule has 1 N–H and O–H groups in total. The van der Waals surface area contributed by atoms with Crippen LogP contribution in [-0.4, -0.2) is 77.4 Å². The molecule has 1 aromatic rings. The molecule has 10 heteroatoms. The molecule has 1 aromatic carbocycles. The molecule has 10 nitrogen and oxygen atoms in total. The summed E-state index contributed by atoms with van der Waals surface area (Å²) in [6.07, 6.45) is -0.118. The molecule has 1 fully saturated rings. The Balaban J connectivity index is 1.57. The van der Waals surface area contributed by atoms with Gasteiger partial charge in [-0.3, -0.25) is 14.6 Å². The molecule has 2 unspecified atom stereocenters. The highest BCUT2D eigenvalue weighted by molar-refractivity contribution is 6.10. The first-order valence-corrected chi connectivity index (χ1v) is 12.6. The minimum atomic E-state index is -0.718. The highest BCUT2D eigenvalue weighted by atomic mass is 16.6. The number of benzene rings is 1. The normalized spacial score (nSPS) is 22.7. The molecule has 0 spiro atoms. The molecule has 198 valence electrons. The maximum Gasteiger partial charge on any atom is 0.415 e. The maximum atomic E-state index is 13.0. The minimum absolute atomic E-state index is 0.128. The average Bonchev–Trinajstić information content (AvgIpc) is 2.72. The highest BCUT2D eigenvalue weighted by Crippen LogP contribution is 2.40. The molecule has 36 heavy (non-hydrogen) atoms. The van der Waals surface area contributed by atoms with Gasteiger partial charge in [0, 0.05) is 43.9 Å². The van der Waals surface area contributed by atoms with E-state index in [4.69, 9.17) is 14.2 Å². The van der Waals surface area contributed by atoms with Gasteiger partial charge in [0.2, 0.25) is 5.91 Å². The number of fused-ring (bicyclic) bond motifs is 3. The van der Waals surface area contributed by atoms with Gasteiger partial charge in [0.05, 0.1) is 18.0 Å². The van der Waals surface area contributed by atoms with Gasteiger partial charge in [-0.25, -0.2) is 9.59 Å². The molecule has 3 aliphatic heterocycles. The predicted octanol–water partition coefficient (Wildman–Crippen LogP) is 3.97. The van der Waals surface area contributed by atoms with E-state index < -0.39 is 23.3 Å². The molecule has 0 radical (unpaired) electrons. The van der Waals surface area contributed by atoms with Crippen molar-refractivity contribution >= 4 is 29.5 Å². The van der Waals surface area contributed by atoms with Crippen LogP contribution in [0.4, 0.5) is 21.0 Å². The van der Waals surface area contributed by atoms with Crippen LogP contribution in [0.2, 0.25) is 0 Å². The van der Waals surface area contributed by atoms with E-state index in [0.29, 0.717) is 49.9 Å². The zero-order chi connectivity index (χ0) is 26.4. The fourth-order valence-electron chi connectivity index (χ4n) is 4.69. The number of carbonyl (C=O) groups excluding carboxylic acids is 3. The van der Waals surface area contributed by atoms with Crippen molar-refractivity contribution in [2.45, 2.75) is 84.7 Å². The Bertz CT molecular complexity index is 1040. The molecule has 3 amide bonds. The first kappa shape index (κ1) is 26.1. The number of amides is 3. The van der Waals surface area contributed by atoms with Crippen LogP contribution >= 0.6 is 0 Å². The van der Waals surface area contributed by atoms with E-state index in [2.05, 4.69) is 10.2 Å². The molecular weight excluding hydrogens is 464 g/mol. The van der Waals surface area contributed by atoms with Crippen molar-refractivity contribution in [3.8, 4) is 5.75 Å². The molecule has 0 aromatic heterocycles. The van der Waals surface area contributed by atoms with Gasteiger partial charge < -0.3 is 24.4 Å². The number of carbonyl (C=O) groups is 3. The summed E-state index contributed by atoms with van der Waals surface area (Å²) in [6, 6.07) is 3.11. The van der Waals surface area contributed by atoms with Crippen LogP contribution in [0.1, 0.15) is 60.5 Å². The van der Waals surface area contributed by atoms with Crippen LogP contribution in [0, 0.1) is 0 Å². The van der Waals surface area contributed by atoms with Crippen LogP contribution < -0.4 is 15.0 Å². The predicted molar refractivity (Wildman–Crippen MR) is 135 cm³/mol. The molecule has 0 saturated carbocycles. The van der Waals surface area contributed by atoms with Crippen LogP contribution in [0.25, 0.3) is 0 Å². The monoisotopic (exact) mass is 502 g/mol. The summed E-state index contributed by atoms with van der Waals surface area (Å²) in [6.45, 7) is 15.6. The number of hydrogen-bond acceptors (Lipinski definition) is 7. The van der Waals surface area contributed by atoms with Gasteiger partial charge in [-0.1, -0.05) is 0 Å². The first-order chi connectivity index (χ1) is 16.7. The second-order valence-corrected chi connectivity index (χ2v) is 11.7. The van der Waals surface area contributed by atoms with E-state index >= 15 is 0 Å². The summed E-state index contributed by atoms with van der Waals surface area (Å²) < 4.78 is 17.3. The van der Waals surface area contributed by atoms with Crippen molar-refractivity contribution in [3.05, 3.63) is 17.7 Å². The van der Waals surface area contributed by atoms with Crippen molar-refractivity contribution in [1.82, 2.24) is 9.80 Å². The average molecular weight is 503 g/mol. The summed E-state index contributed by atoms with van der Waals surface area (Å²) in [5, 5.41) is 2.93. The van der Waals surface area contributed by atoms with Crippen LogP contribution in [0.15, 0.2) is 12.1 Å². The van der Waals surface area contributed by atoms with Gasteiger partial charge in [-0.15, -0.1) is 0 Å². The minimum Gasteiger partial charge on any atom is -0.493 e. The van der Waals surface area contributed by atoms with E-state index in [1.807, 2.05) is 32.9 Å². The molecular formula is C26H38N4O6. The lowest BCUT2D eigenvalue weighted by atomic mass is 10.0. The number of hydrogen-bond donors (Lipinski definition) is 1. The van der Waals surface area contributed by atoms with Gasteiger partial charge in [0.1, 0.15) is 23.0 Å². The number of anilines is 2. The fourth-order valence-corrected chi connectivity index (χ4v) is 4.69. The Kier molecular flexibility index (Phi) is 6.85. The Hall–Kier alpha value is -3.01. The third-order valence-electron chi connectivity index (χ3n) is 6.39. The Morgan fingerprint density at radius 2 is 1.69 bits per heavy atom. The molecule has 4 rings (SSSR count). The Labute approximate surface area is 212 Å². The number of nitrogens with one attached hydrogen (secondary N) is 1. The highest BCUT2D eigenvalue weighted by Gasteiger charge is 2.39. The lowest BCUT2D eigenvalue weighted by Crippen LogP contribution is -2.55. The summed E-state index contributed by atoms with van der Waals surface area (Å²) >= 11 is 0. The lowest BCUT2D eigenvalue weighted by Gasteiger charge is -2.43. The van der Waals surface area contributed by atoms with Crippen molar-refractivity contribution in [3.63, 3.8) is 0 Å². The zero-order valence-corrected chi connectivity index (χ0v) is 22.3. The molecule has 3 heterocycles. The number of rotatable bonds is 0. The number of piperazine rings is 1. The maximum absolute atomic E-state index is 13.0. The largest absolute Gasteiger partial charge is 0.493 e. The second kappa shape index (κ2) is 9.46.